The van der Waals surface area contributed by atoms with Gasteiger partial charge in [0.05, 0.1) is 10.0 Å². The molecule has 1 saturated heterocycles. The van der Waals surface area contributed by atoms with Crippen LogP contribution in [0.25, 0.3) is 0 Å². The fourth-order valence-corrected chi connectivity index (χ4v) is 4.73. The number of amides is 2. The fraction of sp³-hybridized carbons (Fsp3) is 0.381. The van der Waals surface area contributed by atoms with Crippen LogP contribution in [0.5, 0.6) is 0 Å². The average Bonchev–Trinajstić information content (AvgIpc) is 2.76. The van der Waals surface area contributed by atoms with Crippen molar-refractivity contribution < 1.29 is 13.6 Å². The van der Waals surface area contributed by atoms with E-state index in [4.69, 9.17) is 23.2 Å². The van der Waals surface area contributed by atoms with E-state index in [0.29, 0.717) is 55.5 Å². The van der Waals surface area contributed by atoms with Crippen molar-refractivity contribution in [3.8, 4) is 0 Å². The molecule has 0 aromatic heterocycles. The van der Waals surface area contributed by atoms with Crippen molar-refractivity contribution in [3.63, 3.8) is 0 Å². The first-order valence-corrected chi connectivity index (χ1v) is 11.6. The summed E-state index contributed by atoms with van der Waals surface area (Å²) in [6.07, 6.45) is 1.78. The lowest BCUT2D eigenvalue weighted by Gasteiger charge is -2.36. The van der Waals surface area contributed by atoms with E-state index < -0.39 is 11.3 Å². The number of urea groups is 1. The van der Waals surface area contributed by atoms with Gasteiger partial charge in [0.2, 0.25) is 11.3 Å². The third kappa shape index (κ3) is 6.18. The molecule has 0 bridgehead atoms. The maximum absolute atomic E-state index is 12.4. The predicted molar refractivity (Wildman–Crippen MR) is 121 cm³/mol. The summed E-state index contributed by atoms with van der Waals surface area (Å²) in [5, 5.41) is 3.88. The number of carbonyl (C=O) groups excluding carboxylic acids is 1. The SMILES string of the molecule is O=C(NCc1ccccc1)N1CCC(N(CCc2cccc(Cl)c2Cl)S(=O)O)CC1. The van der Waals surface area contributed by atoms with E-state index in [1.165, 1.54) is 0 Å². The predicted octanol–water partition coefficient (Wildman–Crippen LogP) is 4.35. The quantitative estimate of drug-likeness (QED) is 0.591. The molecule has 1 aliphatic rings. The first-order chi connectivity index (χ1) is 14.5. The van der Waals surface area contributed by atoms with Gasteiger partial charge < -0.3 is 10.2 Å². The second-order valence-corrected chi connectivity index (χ2v) is 8.91. The number of piperidine rings is 1. The molecule has 1 heterocycles. The van der Waals surface area contributed by atoms with Crippen LogP contribution in [0.2, 0.25) is 10.0 Å². The van der Waals surface area contributed by atoms with Crippen LogP contribution in [0.4, 0.5) is 4.79 Å². The lowest BCUT2D eigenvalue weighted by Crippen LogP contribution is -2.50. The first-order valence-electron chi connectivity index (χ1n) is 9.83. The normalized spacial score (nSPS) is 15.9. The lowest BCUT2D eigenvalue weighted by molar-refractivity contribution is 0.157. The Balaban J connectivity index is 1.50. The Labute approximate surface area is 189 Å². The van der Waals surface area contributed by atoms with Gasteiger partial charge in [-0.2, -0.15) is 4.31 Å². The van der Waals surface area contributed by atoms with Gasteiger partial charge in [0, 0.05) is 32.2 Å². The molecule has 1 fully saturated rings. The molecular weight excluding hydrogens is 445 g/mol. The van der Waals surface area contributed by atoms with Crippen LogP contribution < -0.4 is 5.32 Å². The summed E-state index contributed by atoms with van der Waals surface area (Å²) in [4.78, 5) is 14.2. The highest BCUT2D eigenvalue weighted by molar-refractivity contribution is 7.76. The second-order valence-electron chi connectivity index (χ2n) is 7.20. The van der Waals surface area contributed by atoms with Gasteiger partial charge in [0.25, 0.3) is 0 Å². The van der Waals surface area contributed by atoms with Crippen LogP contribution in [-0.4, -0.2) is 49.7 Å². The minimum atomic E-state index is -2.10. The summed E-state index contributed by atoms with van der Waals surface area (Å²) in [6, 6.07) is 15.0. The van der Waals surface area contributed by atoms with Crippen molar-refractivity contribution in [2.24, 2.45) is 0 Å². The van der Waals surface area contributed by atoms with Crippen LogP contribution in [0.1, 0.15) is 24.0 Å². The number of benzene rings is 2. The summed E-state index contributed by atoms with van der Waals surface area (Å²) < 4.78 is 23.3. The standard InChI is InChI=1S/C21H25Cl2N3O3S/c22-19-8-4-7-17(20(19)23)9-14-26(30(28)29)18-10-12-25(13-11-18)21(27)24-15-16-5-2-1-3-6-16/h1-8,18H,9-15H2,(H,24,27)(H,28,29). The Hall–Kier alpha value is -1.64. The van der Waals surface area contributed by atoms with Crippen molar-refractivity contribution in [2.75, 3.05) is 19.6 Å². The number of hydrogen-bond acceptors (Lipinski definition) is 2. The molecule has 0 saturated carbocycles. The van der Waals surface area contributed by atoms with E-state index in [9.17, 15) is 13.6 Å². The van der Waals surface area contributed by atoms with Gasteiger partial charge in [-0.3, -0.25) is 4.55 Å². The number of halogens is 2. The summed E-state index contributed by atoms with van der Waals surface area (Å²) in [5.74, 6) is 0. The molecule has 30 heavy (non-hydrogen) atoms. The zero-order chi connectivity index (χ0) is 21.5. The Morgan fingerprint density at radius 3 is 2.50 bits per heavy atom. The van der Waals surface area contributed by atoms with Gasteiger partial charge >= 0.3 is 6.03 Å². The van der Waals surface area contributed by atoms with E-state index in [2.05, 4.69) is 5.32 Å². The highest BCUT2D eigenvalue weighted by atomic mass is 35.5. The molecule has 1 unspecified atom stereocenters. The zero-order valence-electron chi connectivity index (χ0n) is 16.5. The number of likely N-dealkylation sites (tertiary alicyclic amines) is 1. The van der Waals surface area contributed by atoms with Crippen LogP contribution in [0.15, 0.2) is 48.5 Å². The van der Waals surface area contributed by atoms with Gasteiger partial charge in [-0.1, -0.05) is 65.7 Å². The molecule has 6 nitrogen and oxygen atoms in total. The summed E-state index contributed by atoms with van der Waals surface area (Å²) >= 11 is 10.2. The number of rotatable bonds is 7. The summed E-state index contributed by atoms with van der Waals surface area (Å²) in [7, 11) is 0. The van der Waals surface area contributed by atoms with Gasteiger partial charge in [0.1, 0.15) is 0 Å². The van der Waals surface area contributed by atoms with Crippen LogP contribution >= 0.6 is 23.2 Å². The van der Waals surface area contributed by atoms with Crippen molar-refractivity contribution in [3.05, 3.63) is 69.7 Å². The van der Waals surface area contributed by atoms with E-state index in [-0.39, 0.29) is 12.1 Å². The minimum Gasteiger partial charge on any atom is -0.334 e. The maximum Gasteiger partial charge on any atom is 0.317 e. The van der Waals surface area contributed by atoms with Gasteiger partial charge in [0.15, 0.2) is 0 Å². The molecule has 9 heteroatoms. The third-order valence-electron chi connectivity index (χ3n) is 5.28. The fourth-order valence-electron chi connectivity index (χ4n) is 3.60. The van der Waals surface area contributed by atoms with E-state index in [0.717, 1.165) is 11.1 Å². The molecular formula is C21H25Cl2N3O3S. The maximum atomic E-state index is 12.4. The Morgan fingerprint density at radius 1 is 1.13 bits per heavy atom. The first kappa shape index (κ1) is 23.0. The molecule has 0 spiro atoms. The number of nitrogens with zero attached hydrogens (tertiary/aromatic N) is 2. The van der Waals surface area contributed by atoms with Gasteiger partial charge in [-0.25, -0.2) is 9.00 Å². The molecule has 2 amide bonds. The highest BCUT2D eigenvalue weighted by Crippen LogP contribution is 2.27. The lowest BCUT2D eigenvalue weighted by atomic mass is 10.0. The van der Waals surface area contributed by atoms with Crippen LogP contribution in [0, 0.1) is 0 Å². The molecule has 2 aromatic carbocycles. The monoisotopic (exact) mass is 469 g/mol. The largest absolute Gasteiger partial charge is 0.334 e. The molecule has 2 N–H and O–H groups in total. The molecule has 1 atom stereocenters. The average molecular weight is 470 g/mol. The van der Waals surface area contributed by atoms with Crippen molar-refractivity contribution >= 4 is 40.5 Å². The van der Waals surface area contributed by atoms with Gasteiger partial charge in [-0.05, 0) is 36.5 Å². The molecule has 0 aliphatic carbocycles. The Kier molecular flexibility index (Phi) is 8.53. The van der Waals surface area contributed by atoms with E-state index in [1.807, 2.05) is 42.5 Å². The summed E-state index contributed by atoms with van der Waals surface area (Å²) in [6.45, 7) is 1.94. The summed E-state index contributed by atoms with van der Waals surface area (Å²) in [5.41, 5.74) is 1.89. The highest BCUT2D eigenvalue weighted by Gasteiger charge is 2.29. The number of hydrogen-bond donors (Lipinski definition) is 2. The zero-order valence-corrected chi connectivity index (χ0v) is 18.8. The molecule has 0 radical (unpaired) electrons. The van der Waals surface area contributed by atoms with Crippen LogP contribution in [0.3, 0.4) is 0 Å². The second kappa shape index (κ2) is 11.1. The van der Waals surface area contributed by atoms with Crippen molar-refractivity contribution in [1.82, 2.24) is 14.5 Å². The molecule has 3 rings (SSSR count). The topological polar surface area (TPSA) is 72.9 Å². The van der Waals surface area contributed by atoms with Gasteiger partial charge in [-0.15, -0.1) is 0 Å². The third-order valence-corrected chi connectivity index (χ3v) is 7.02. The minimum absolute atomic E-state index is 0.0769. The van der Waals surface area contributed by atoms with E-state index >= 15 is 0 Å². The van der Waals surface area contributed by atoms with Crippen molar-refractivity contribution in [1.29, 1.82) is 0 Å². The number of nitrogens with one attached hydrogen (secondary N) is 1. The van der Waals surface area contributed by atoms with Crippen LogP contribution in [-0.2, 0) is 24.2 Å². The Morgan fingerprint density at radius 2 is 1.83 bits per heavy atom. The number of carbonyl (C=O) groups is 1. The van der Waals surface area contributed by atoms with E-state index in [1.54, 1.807) is 15.3 Å². The van der Waals surface area contributed by atoms with Crippen molar-refractivity contribution in [2.45, 2.75) is 31.8 Å². The smallest absolute Gasteiger partial charge is 0.317 e. The molecule has 1 aliphatic heterocycles. The molecule has 162 valence electrons. The molecule has 2 aromatic rings. The Bertz CT molecular complexity index is 877.